The monoisotopic (exact) mass is 305 g/mol. The van der Waals surface area contributed by atoms with Crippen LogP contribution >= 0.6 is 24.0 Å². The van der Waals surface area contributed by atoms with E-state index in [1.165, 1.54) is 24.6 Å². The molecule has 0 radical (unpaired) electrons. The van der Waals surface area contributed by atoms with Gasteiger partial charge in [-0.1, -0.05) is 36.1 Å². The highest BCUT2D eigenvalue weighted by atomic mass is 32.2. The van der Waals surface area contributed by atoms with Crippen molar-refractivity contribution in [1.29, 1.82) is 5.26 Å². The lowest BCUT2D eigenvalue weighted by molar-refractivity contribution is -0.113. The SMILES string of the molecule is N#Cc1ccccc1NC(=O)CSC(=S)N1CCCC1. The molecule has 1 fully saturated rings. The summed E-state index contributed by atoms with van der Waals surface area (Å²) in [5.41, 5.74) is 1.01. The van der Waals surface area contributed by atoms with Crippen LogP contribution in [0.25, 0.3) is 0 Å². The van der Waals surface area contributed by atoms with Gasteiger partial charge in [0.2, 0.25) is 5.91 Å². The Hall–Kier alpha value is -1.58. The highest BCUT2D eigenvalue weighted by molar-refractivity contribution is 8.23. The van der Waals surface area contributed by atoms with E-state index in [1.54, 1.807) is 24.3 Å². The number of nitriles is 1. The van der Waals surface area contributed by atoms with Crippen LogP contribution < -0.4 is 5.32 Å². The topological polar surface area (TPSA) is 56.1 Å². The van der Waals surface area contributed by atoms with Gasteiger partial charge in [-0.15, -0.1) is 0 Å². The number of thioether (sulfide) groups is 1. The van der Waals surface area contributed by atoms with Crippen molar-refractivity contribution >= 4 is 39.9 Å². The molecule has 1 amide bonds. The molecule has 4 nitrogen and oxygen atoms in total. The number of thiocarbonyl (C=S) groups is 1. The van der Waals surface area contributed by atoms with Gasteiger partial charge in [-0.25, -0.2) is 0 Å². The van der Waals surface area contributed by atoms with Gasteiger partial charge in [-0.2, -0.15) is 5.26 Å². The number of amides is 1. The number of rotatable bonds is 3. The molecule has 6 heteroatoms. The standard InChI is InChI=1S/C14H15N3OS2/c15-9-11-5-1-2-6-12(11)16-13(18)10-20-14(19)17-7-3-4-8-17/h1-2,5-6H,3-4,7-8,10H2,(H,16,18). The third-order valence-corrected chi connectivity index (χ3v) is 4.54. The molecule has 1 aliphatic heterocycles. The summed E-state index contributed by atoms with van der Waals surface area (Å²) in [6, 6.07) is 9.01. The lowest BCUT2D eigenvalue weighted by Crippen LogP contribution is -2.25. The molecule has 104 valence electrons. The van der Waals surface area contributed by atoms with Gasteiger partial charge in [0, 0.05) is 13.1 Å². The Morgan fingerprint density at radius 2 is 2.10 bits per heavy atom. The van der Waals surface area contributed by atoms with E-state index >= 15 is 0 Å². The molecule has 0 bridgehead atoms. The van der Waals surface area contributed by atoms with Gasteiger partial charge in [0.25, 0.3) is 0 Å². The van der Waals surface area contributed by atoms with Gasteiger partial charge < -0.3 is 10.2 Å². The molecule has 0 aromatic heterocycles. The first-order valence-electron chi connectivity index (χ1n) is 6.41. The molecular weight excluding hydrogens is 290 g/mol. The van der Waals surface area contributed by atoms with Crippen molar-refractivity contribution in [1.82, 2.24) is 4.90 Å². The molecule has 1 aliphatic rings. The van der Waals surface area contributed by atoms with Gasteiger partial charge in [0.05, 0.1) is 17.0 Å². The third-order valence-electron chi connectivity index (χ3n) is 3.01. The van der Waals surface area contributed by atoms with Crippen molar-refractivity contribution in [3.63, 3.8) is 0 Å². The van der Waals surface area contributed by atoms with E-state index in [-0.39, 0.29) is 11.7 Å². The molecule has 0 aliphatic carbocycles. The third kappa shape index (κ3) is 3.95. The van der Waals surface area contributed by atoms with Crippen LogP contribution in [0.5, 0.6) is 0 Å². The number of carbonyl (C=O) groups is 1. The number of nitrogens with one attached hydrogen (secondary N) is 1. The smallest absolute Gasteiger partial charge is 0.234 e. The zero-order chi connectivity index (χ0) is 14.4. The van der Waals surface area contributed by atoms with Crippen molar-refractivity contribution in [2.24, 2.45) is 0 Å². The predicted octanol–water partition coefficient (Wildman–Crippen LogP) is 2.61. The minimum absolute atomic E-state index is 0.140. The summed E-state index contributed by atoms with van der Waals surface area (Å²) in [5, 5.41) is 11.7. The summed E-state index contributed by atoms with van der Waals surface area (Å²) in [4.78, 5) is 14.0. The molecule has 0 spiro atoms. The molecule has 1 aromatic carbocycles. The summed E-state index contributed by atoms with van der Waals surface area (Å²) < 4.78 is 0.784. The second kappa shape index (κ2) is 7.27. The van der Waals surface area contributed by atoms with E-state index in [0.717, 1.165) is 17.4 Å². The Balaban J connectivity index is 1.83. The Morgan fingerprint density at radius 1 is 1.40 bits per heavy atom. The van der Waals surface area contributed by atoms with Crippen LogP contribution in [0, 0.1) is 11.3 Å². The summed E-state index contributed by atoms with van der Waals surface area (Å²) in [7, 11) is 0. The van der Waals surface area contributed by atoms with E-state index in [2.05, 4.69) is 16.3 Å². The van der Waals surface area contributed by atoms with Gasteiger partial charge in [-0.05, 0) is 25.0 Å². The Labute approximate surface area is 128 Å². The quantitative estimate of drug-likeness (QED) is 0.870. The largest absolute Gasteiger partial charge is 0.358 e. The van der Waals surface area contributed by atoms with Crippen LogP contribution in [-0.4, -0.2) is 34.0 Å². The van der Waals surface area contributed by atoms with Crippen LogP contribution in [-0.2, 0) is 4.79 Å². The summed E-state index contributed by atoms with van der Waals surface area (Å²) in [6.07, 6.45) is 2.34. The number of carbonyl (C=O) groups excluding carboxylic acids is 1. The number of benzene rings is 1. The van der Waals surface area contributed by atoms with E-state index < -0.39 is 0 Å². The van der Waals surface area contributed by atoms with Crippen molar-refractivity contribution in [2.75, 3.05) is 24.2 Å². The van der Waals surface area contributed by atoms with Crippen LogP contribution in [0.15, 0.2) is 24.3 Å². The summed E-state index contributed by atoms with van der Waals surface area (Å²) >= 11 is 6.68. The van der Waals surface area contributed by atoms with E-state index in [1.807, 2.05) is 0 Å². The van der Waals surface area contributed by atoms with Crippen molar-refractivity contribution < 1.29 is 4.79 Å². The minimum atomic E-state index is -0.140. The van der Waals surface area contributed by atoms with Gasteiger partial charge >= 0.3 is 0 Å². The van der Waals surface area contributed by atoms with Gasteiger partial charge in [0.15, 0.2) is 0 Å². The number of anilines is 1. The molecule has 1 aromatic rings. The zero-order valence-corrected chi connectivity index (χ0v) is 12.6. The van der Waals surface area contributed by atoms with Crippen LogP contribution in [0.3, 0.4) is 0 Å². The highest BCUT2D eigenvalue weighted by Crippen LogP contribution is 2.17. The molecule has 20 heavy (non-hydrogen) atoms. The van der Waals surface area contributed by atoms with Crippen LogP contribution in [0.1, 0.15) is 18.4 Å². The van der Waals surface area contributed by atoms with Gasteiger partial charge in [0.1, 0.15) is 10.4 Å². The first kappa shape index (κ1) is 14.8. The Kier molecular flexibility index (Phi) is 5.39. The second-order valence-corrected chi connectivity index (χ2v) is 6.06. The van der Waals surface area contributed by atoms with Crippen LogP contribution in [0.2, 0.25) is 0 Å². The molecule has 0 atom stereocenters. The van der Waals surface area contributed by atoms with Crippen LogP contribution in [0.4, 0.5) is 5.69 Å². The van der Waals surface area contributed by atoms with E-state index in [9.17, 15) is 4.79 Å². The summed E-state index contributed by atoms with van der Waals surface area (Å²) in [6.45, 7) is 1.98. The number of hydrogen-bond acceptors (Lipinski definition) is 4. The molecule has 0 unspecified atom stereocenters. The molecule has 1 N–H and O–H groups in total. The predicted molar refractivity (Wildman–Crippen MR) is 85.6 cm³/mol. The maximum Gasteiger partial charge on any atom is 0.234 e. The second-order valence-electron chi connectivity index (χ2n) is 4.45. The average Bonchev–Trinajstić information content (AvgIpc) is 2.99. The number of para-hydroxylation sites is 1. The van der Waals surface area contributed by atoms with Crippen molar-refractivity contribution in [3.05, 3.63) is 29.8 Å². The minimum Gasteiger partial charge on any atom is -0.358 e. The molecule has 0 saturated carbocycles. The number of hydrogen-bond donors (Lipinski definition) is 1. The highest BCUT2D eigenvalue weighted by Gasteiger charge is 2.16. The average molecular weight is 305 g/mol. The molecule has 1 saturated heterocycles. The molecule has 1 heterocycles. The Bertz CT molecular complexity index is 548. The lowest BCUT2D eigenvalue weighted by atomic mass is 10.2. The maximum atomic E-state index is 11.9. The normalized spacial score (nSPS) is 13.8. The van der Waals surface area contributed by atoms with Crippen molar-refractivity contribution in [2.45, 2.75) is 12.8 Å². The fourth-order valence-corrected chi connectivity index (χ4v) is 3.05. The first-order valence-corrected chi connectivity index (χ1v) is 7.81. The van der Waals surface area contributed by atoms with Gasteiger partial charge in [-0.3, -0.25) is 4.79 Å². The first-order chi connectivity index (χ1) is 9.70. The number of nitrogens with zero attached hydrogens (tertiary/aromatic N) is 2. The molecule has 2 rings (SSSR count). The maximum absolute atomic E-state index is 11.9. The fourth-order valence-electron chi connectivity index (χ4n) is 1.99. The Morgan fingerprint density at radius 3 is 2.80 bits per heavy atom. The lowest BCUT2D eigenvalue weighted by Gasteiger charge is -2.17. The number of likely N-dealkylation sites (tertiary alicyclic amines) is 1. The molecular formula is C14H15N3OS2. The summed E-state index contributed by atoms with van der Waals surface area (Å²) in [5.74, 6) is 0.133. The van der Waals surface area contributed by atoms with Crippen molar-refractivity contribution in [3.8, 4) is 6.07 Å². The van der Waals surface area contributed by atoms with E-state index in [4.69, 9.17) is 17.5 Å². The van der Waals surface area contributed by atoms with E-state index in [0.29, 0.717) is 11.3 Å². The fraction of sp³-hybridized carbons (Fsp3) is 0.357. The zero-order valence-electron chi connectivity index (χ0n) is 11.0.